The maximum atomic E-state index is 8.65. The van der Waals surface area contributed by atoms with E-state index < -0.39 is 0 Å². The summed E-state index contributed by atoms with van der Waals surface area (Å²) in [7, 11) is 0. The fourth-order valence-corrected chi connectivity index (χ4v) is 4.20. The summed E-state index contributed by atoms with van der Waals surface area (Å²) in [5.41, 5.74) is 10.9. The predicted octanol–water partition coefficient (Wildman–Crippen LogP) is 3.34. The van der Waals surface area contributed by atoms with Crippen molar-refractivity contribution in [2.24, 2.45) is 0 Å². The van der Waals surface area contributed by atoms with E-state index in [0.717, 1.165) is 18.5 Å². The molecule has 0 amide bonds. The third-order valence-corrected chi connectivity index (χ3v) is 6.13. The number of benzene rings is 1. The van der Waals surface area contributed by atoms with Crippen LogP contribution in [-0.2, 0) is 30.1 Å². The van der Waals surface area contributed by atoms with E-state index in [1.165, 1.54) is 16.8 Å². The molecule has 8 nitrogen and oxygen atoms in total. The van der Waals surface area contributed by atoms with Crippen LogP contribution in [0.4, 0.5) is 11.4 Å². The molecule has 1 heterocycles. The molecule has 0 fully saturated rings. The third kappa shape index (κ3) is 8.98. The van der Waals surface area contributed by atoms with Crippen molar-refractivity contribution in [3.8, 4) is 0 Å². The lowest BCUT2D eigenvalue weighted by Gasteiger charge is -2.46. The largest absolute Gasteiger partial charge is 0.398 e. The number of nitrogen functional groups attached to an aromatic ring is 1. The SMILES string of the molecule is CCOC(CN1c2cc(C(C)C)c(N)cc2CCC1(C)C)OCCOCCOCCOCCO. The van der Waals surface area contributed by atoms with Gasteiger partial charge in [0.15, 0.2) is 6.29 Å². The molecule has 0 bridgehead atoms. The Morgan fingerprint density at radius 3 is 2.18 bits per heavy atom. The highest BCUT2D eigenvalue weighted by Crippen LogP contribution is 2.40. The van der Waals surface area contributed by atoms with Crippen molar-refractivity contribution in [2.45, 2.75) is 65.2 Å². The number of aliphatic hydroxyl groups excluding tert-OH is 1. The first-order valence-electron chi connectivity index (χ1n) is 12.6. The quantitative estimate of drug-likeness (QED) is 0.198. The second kappa shape index (κ2) is 14.9. The lowest BCUT2D eigenvalue weighted by atomic mass is 9.85. The first-order chi connectivity index (χ1) is 16.3. The number of aryl methyl sites for hydroxylation is 1. The van der Waals surface area contributed by atoms with Gasteiger partial charge in [-0.05, 0) is 62.8 Å². The minimum absolute atomic E-state index is 0.00912. The number of rotatable bonds is 17. The molecule has 1 unspecified atom stereocenters. The summed E-state index contributed by atoms with van der Waals surface area (Å²) in [6.07, 6.45) is 1.72. The smallest absolute Gasteiger partial charge is 0.174 e. The van der Waals surface area contributed by atoms with Crippen molar-refractivity contribution < 1.29 is 28.8 Å². The van der Waals surface area contributed by atoms with Crippen LogP contribution in [0, 0.1) is 0 Å². The first kappa shape index (κ1) is 28.8. The fourth-order valence-electron chi connectivity index (χ4n) is 4.20. The van der Waals surface area contributed by atoms with Gasteiger partial charge in [0.25, 0.3) is 0 Å². The van der Waals surface area contributed by atoms with Gasteiger partial charge < -0.3 is 39.4 Å². The van der Waals surface area contributed by atoms with Crippen molar-refractivity contribution in [2.75, 3.05) is 76.6 Å². The highest BCUT2D eigenvalue weighted by atomic mass is 16.7. The summed E-state index contributed by atoms with van der Waals surface area (Å²) >= 11 is 0. The van der Waals surface area contributed by atoms with Crippen molar-refractivity contribution >= 4 is 11.4 Å². The summed E-state index contributed by atoms with van der Waals surface area (Å²) in [5.74, 6) is 0.366. The van der Waals surface area contributed by atoms with Gasteiger partial charge >= 0.3 is 0 Å². The van der Waals surface area contributed by atoms with Gasteiger partial charge in [0.2, 0.25) is 0 Å². The second-order valence-corrected chi connectivity index (χ2v) is 9.50. The Labute approximate surface area is 205 Å². The number of anilines is 2. The zero-order chi connectivity index (χ0) is 25.0. The van der Waals surface area contributed by atoms with Crippen LogP contribution >= 0.6 is 0 Å². The number of aliphatic hydroxyl groups is 1. The minimum atomic E-state index is -0.348. The molecule has 1 atom stereocenters. The van der Waals surface area contributed by atoms with E-state index in [0.29, 0.717) is 65.3 Å². The molecule has 1 aromatic carbocycles. The van der Waals surface area contributed by atoms with Crippen molar-refractivity contribution in [1.29, 1.82) is 0 Å². The summed E-state index contributed by atoms with van der Waals surface area (Å²) in [4.78, 5) is 2.42. The highest BCUT2D eigenvalue weighted by Gasteiger charge is 2.35. The van der Waals surface area contributed by atoms with Gasteiger partial charge in [-0.3, -0.25) is 0 Å². The van der Waals surface area contributed by atoms with Crippen LogP contribution in [-0.4, -0.2) is 82.9 Å². The monoisotopic (exact) mass is 482 g/mol. The Morgan fingerprint density at radius 2 is 1.59 bits per heavy atom. The first-order valence-corrected chi connectivity index (χ1v) is 12.6. The summed E-state index contributed by atoms with van der Waals surface area (Å²) in [5, 5.41) is 8.65. The van der Waals surface area contributed by atoms with Crippen LogP contribution in [0.25, 0.3) is 0 Å². The van der Waals surface area contributed by atoms with Gasteiger partial charge in [0.1, 0.15) is 0 Å². The number of hydrogen-bond acceptors (Lipinski definition) is 8. The van der Waals surface area contributed by atoms with Crippen LogP contribution in [0.1, 0.15) is 58.1 Å². The molecule has 8 heteroatoms. The van der Waals surface area contributed by atoms with E-state index in [2.05, 4.69) is 44.7 Å². The number of fused-ring (bicyclic) bond motifs is 1. The lowest BCUT2D eigenvalue weighted by Crippen LogP contribution is -2.51. The summed E-state index contributed by atoms with van der Waals surface area (Å²) in [6.45, 7) is 15.4. The maximum absolute atomic E-state index is 8.65. The Kier molecular flexibility index (Phi) is 12.6. The van der Waals surface area contributed by atoms with E-state index in [1.807, 2.05) is 6.92 Å². The van der Waals surface area contributed by atoms with Crippen LogP contribution < -0.4 is 10.6 Å². The predicted molar refractivity (Wildman–Crippen MR) is 136 cm³/mol. The zero-order valence-corrected chi connectivity index (χ0v) is 21.8. The standard InChI is InChI=1S/C26H46N2O6/c1-6-33-25(34-16-15-32-14-13-31-12-11-30-10-9-29)19-28-24-18-22(20(2)3)23(27)17-21(24)7-8-26(28,4)5/h17-18,20,25,29H,6-16,19,27H2,1-5H3. The summed E-state index contributed by atoms with van der Waals surface area (Å²) in [6, 6.07) is 4.41. The number of nitrogens with two attached hydrogens (primary N) is 1. The minimum Gasteiger partial charge on any atom is -0.398 e. The van der Waals surface area contributed by atoms with Crippen molar-refractivity contribution in [3.63, 3.8) is 0 Å². The van der Waals surface area contributed by atoms with Crippen molar-refractivity contribution in [3.05, 3.63) is 23.3 Å². The molecular formula is C26H46N2O6. The Morgan fingerprint density at radius 1 is 0.971 bits per heavy atom. The molecule has 1 aliphatic rings. The van der Waals surface area contributed by atoms with E-state index in [4.69, 9.17) is 34.5 Å². The molecule has 2 rings (SSSR count). The van der Waals surface area contributed by atoms with Crippen LogP contribution in [0.2, 0.25) is 0 Å². The molecule has 0 saturated carbocycles. The molecule has 0 aromatic heterocycles. The van der Waals surface area contributed by atoms with Crippen molar-refractivity contribution in [1.82, 2.24) is 0 Å². The molecule has 34 heavy (non-hydrogen) atoms. The molecule has 1 aliphatic heterocycles. The van der Waals surface area contributed by atoms with Gasteiger partial charge in [-0.2, -0.15) is 0 Å². The van der Waals surface area contributed by atoms with Crippen LogP contribution in [0.15, 0.2) is 12.1 Å². The normalized spacial score (nSPS) is 16.1. The Balaban J connectivity index is 1.87. The maximum Gasteiger partial charge on any atom is 0.174 e. The molecular weight excluding hydrogens is 436 g/mol. The molecule has 0 aliphatic carbocycles. The second-order valence-electron chi connectivity index (χ2n) is 9.50. The number of ether oxygens (including phenoxy) is 5. The Hall–Kier alpha value is -1.42. The fraction of sp³-hybridized carbons (Fsp3) is 0.769. The average molecular weight is 483 g/mol. The van der Waals surface area contributed by atoms with Crippen LogP contribution in [0.3, 0.4) is 0 Å². The lowest BCUT2D eigenvalue weighted by molar-refractivity contribution is -0.144. The van der Waals surface area contributed by atoms with Gasteiger partial charge in [-0.1, -0.05) is 13.8 Å². The van der Waals surface area contributed by atoms with E-state index in [1.54, 1.807) is 0 Å². The van der Waals surface area contributed by atoms with E-state index in [-0.39, 0.29) is 18.4 Å². The van der Waals surface area contributed by atoms with Gasteiger partial charge in [-0.25, -0.2) is 0 Å². The molecule has 0 spiro atoms. The van der Waals surface area contributed by atoms with E-state index >= 15 is 0 Å². The molecule has 0 saturated heterocycles. The zero-order valence-electron chi connectivity index (χ0n) is 21.8. The van der Waals surface area contributed by atoms with Crippen LogP contribution in [0.5, 0.6) is 0 Å². The molecule has 0 radical (unpaired) electrons. The molecule has 1 aromatic rings. The topological polar surface area (TPSA) is 95.6 Å². The van der Waals surface area contributed by atoms with Gasteiger partial charge in [0.05, 0.1) is 59.4 Å². The summed E-state index contributed by atoms with van der Waals surface area (Å²) < 4.78 is 28.2. The number of hydrogen-bond donors (Lipinski definition) is 2. The number of nitrogens with zero attached hydrogens (tertiary/aromatic N) is 1. The highest BCUT2D eigenvalue weighted by molar-refractivity contribution is 5.67. The third-order valence-electron chi connectivity index (χ3n) is 6.13. The Bertz CT molecular complexity index is 713. The van der Waals surface area contributed by atoms with Gasteiger partial charge in [-0.15, -0.1) is 0 Å². The molecule has 3 N–H and O–H groups in total. The van der Waals surface area contributed by atoms with E-state index in [9.17, 15) is 0 Å². The van der Waals surface area contributed by atoms with Gasteiger partial charge in [0, 0.05) is 23.5 Å². The molecule has 196 valence electrons. The average Bonchev–Trinajstić information content (AvgIpc) is 2.79.